The lowest BCUT2D eigenvalue weighted by molar-refractivity contribution is -0.393. The van der Waals surface area contributed by atoms with Gasteiger partial charge < -0.3 is 28.6 Å². The fourth-order valence-electron chi connectivity index (χ4n) is 1.77. The first-order valence-electron chi connectivity index (χ1n) is 6.48. The number of carbonyl (C=O) groups is 1. The summed E-state index contributed by atoms with van der Waals surface area (Å²) >= 11 is 0. The number of halogens is 1. The third-order valence-corrected chi connectivity index (χ3v) is 2.96. The summed E-state index contributed by atoms with van der Waals surface area (Å²) in [6, 6.07) is 2.42. The van der Waals surface area contributed by atoms with Gasteiger partial charge in [0.2, 0.25) is 0 Å². The van der Waals surface area contributed by atoms with Gasteiger partial charge in [-0.15, -0.1) is 0 Å². The molecule has 0 fully saturated rings. The molecule has 11 heteroatoms. The molecule has 0 aliphatic rings. The summed E-state index contributed by atoms with van der Waals surface area (Å²) < 4.78 is 0. The zero-order valence-electron chi connectivity index (χ0n) is 12.0. The lowest BCUT2D eigenvalue weighted by Gasteiger charge is -2.08. The fourth-order valence-corrected chi connectivity index (χ4v) is 1.77. The van der Waals surface area contributed by atoms with Crippen LogP contribution in [0, 0.1) is 20.2 Å². The summed E-state index contributed by atoms with van der Waals surface area (Å²) in [7, 11) is 0. The standard InChI is InChI=1S/C12H16N4O6.ClH/c13-9(12(17)18)3-1-2-6-14-10-5-4-8(15(19)20)7-11(10)16(21)22;/h4-5,7,9,14H,1-3,6,13H2,(H,17,18);1H/p-1. The van der Waals surface area contributed by atoms with E-state index < -0.39 is 21.9 Å². The summed E-state index contributed by atoms with van der Waals surface area (Å²) in [5.41, 5.74) is 4.79. The summed E-state index contributed by atoms with van der Waals surface area (Å²) in [4.78, 5) is 30.6. The number of non-ortho nitro benzene ring substituents is 1. The Labute approximate surface area is 137 Å². The van der Waals surface area contributed by atoms with Crippen LogP contribution in [0.4, 0.5) is 17.1 Å². The van der Waals surface area contributed by atoms with E-state index in [2.05, 4.69) is 5.32 Å². The van der Waals surface area contributed by atoms with Gasteiger partial charge in [-0.2, -0.15) is 0 Å². The molecule has 0 saturated heterocycles. The van der Waals surface area contributed by atoms with Gasteiger partial charge in [-0.1, -0.05) is 0 Å². The van der Waals surface area contributed by atoms with Crippen molar-refractivity contribution in [3.05, 3.63) is 38.4 Å². The molecule has 0 radical (unpaired) electrons. The molecule has 1 unspecified atom stereocenters. The van der Waals surface area contributed by atoms with E-state index in [4.69, 9.17) is 10.8 Å². The van der Waals surface area contributed by atoms with Crippen LogP contribution in [0.2, 0.25) is 0 Å². The molecule has 0 aliphatic carbocycles. The van der Waals surface area contributed by atoms with Gasteiger partial charge in [0.15, 0.2) is 0 Å². The molecule has 1 aromatic carbocycles. The quantitative estimate of drug-likeness (QED) is 0.276. The second-order valence-electron chi connectivity index (χ2n) is 4.58. The SMILES string of the molecule is NC(CCCCNc1ccc([N+](=O)[O-])cc1[N+](=O)[O-])C(=O)O.[Cl-]. The highest BCUT2D eigenvalue weighted by atomic mass is 35.5. The van der Waals surface area contributed by atoms with Gasteiger partial charge in [0.25, 0.3) is 11.4 Å². The minimum Gasteiger partial charge on any atom is -1.00 e. The van der Waals surface area contributed by atoms with Gasteiger partial charge in [0.1, 0.15) is 11.7 Å². The van der Waals surface area contributed by atoms with Crippen LogP contribution in [0.15, 0.2) is 18.2 Å². The molecule has 0 aliphatic heterocycles. The van der Waals surface area contributed by atoms with Crippen LogP contribution >= 0.6 is 0 Å². The zero-order chi connectivity index (χ0) is 16.7. The number of hydrogen-bond donors (Lipinski definition) is 3. The number of anilines is 1. The zero-order valence-corrected chi connectivity index (χ0v) is 12.7. The van der Waals surface area contributed by atoms with E-state index in [0.717, 1.165) is 6.07 Å². The van der Waals surface area contributed by atoms with Gasteiger partial charge in [0, 0.05) is 12.6 Å². The second-order valence-corrected chi connectivity index (χ2v) is 4.58. The van der Waals surface area contributed by atoms with E-state index in [9.17, 15) is 25.0 Å². The third-order valence-electron chi connectivity index (χ3n) is 2.96. The Hall–Kier alpha value is -2.46. The first kappa shape index (κ1) is 20.5. The maximum atomic E-state index is 10.9. The Morgan fingerprint density at radius 1 is 1.26 bits per heavy atom. The van der Waals surface area contributed by atoms with E-state index in [-0.39, 0.29) is 29.5 Å². The molecule has 4 N–H and O–H groups in total. The largest absolute Gasteiger partial charge is 1.00 e. The van der Waals surface area contributed by atoms with Crippen LogP contribution in [-0.2, 0) is 4.79 Å². The van der Waals surface area contributed by atoms with Crippen LogP contribution in [0.5, 0.6) is 0 Å². The van der Waals surface area contributed by atoms with E-state index in [1.165, 1.54) is 12.1 Å². The van der Waals surface area contributed by atoms with Crippen molar-refractivity contribution in [1.29, 1.82) is 0 Å². The predicted octanol–water partition coefficient (Wildman–Crippen LogP) is -1.50. The van der Waals surface area contributed by atoms with Crippen molar-refractivity contribution in [2.75, 3.05) is 11.9 Å². The van der Waals surface area contributed by atoms with Crippen molar-refractivity contribution in [3.8, 4) is 0 Å². The third kappa shape index (κ3) is 6.45. The topological polar surface area (TPSA) is 162 Å². The van der Waals surface area contributed by atoms with Crippen LogP contribution in [0.25, 0.3) is 0 Å². The Balaban J connectivity index is 0.00000484. The van der Waals surface area contributed by atoms with Crippen molar-refractivity contribution in [1.82, 2.24) is 0 Å². The molecule has 0 saturated carbocycles. The molecule has 0 bridgehead atoms. The number of carboxylic acid groups (broad SMARTS) is 1. The maximum absolute atomic E-state index is 10.9. The molecule has 128 valence electrons. The Morgan fingerprint density at radius 3 is 2.43 bits per heavy atom. The van der Waals surface area contributed by atoms with Crippen LogP contribution < -0.4 is 23.5 Å². The van der Waals surface area contributed by atoms with Gasteiger partial charge in [-0.3, -0.25) is 25.0 Å². The summed E-state index contributed by atoms with van der Waals surface area (Å²) in [6.07, 6.45) is 1.41. The van der Waals surface area contributed by atoms with Crippen molar-refractivity contribution >= 4 is 23.0 Å². The molecule has 1 aromatic rings. The average molecular weight is 348 g/mol. The second kappa shape index (κ2) is 9.54. The summed E-state index contributed by atoms with van der Waals surface area (Å²) in [5.74, 6) is -1.07. The number of nitro groups is 2. The molecule has 0 heterocycles. The predicted molar refractivity (Wildman–Crippen MR) is 77.7 cm³/mol. The first-order valence-corrected chi connectivity index (χ1v) is 6.48. The molecule has 1 atom stereocenters. The molecule has 0 amide bonds. The first-order chi connectivity index (χ1) is 10.3. The normalized spacial score (nSPS) is 11.2. The Bertz CT molecular complexity index is 583. The average Bonchev–Trinajstić information content (AvgIpc) is 2.46. The van der Waals surface area contributed by atoms with Gasteiger partial charge in [-0.25, -0.2) is 0 Å². The molecule has 10 nitrogen and oxygen atoms in total. The molecule has 0 spiro atoms. The number of hydrogen-bond acceptors (Lipinski definition) is 7. The number of nitrogens with one attached hydrogen (secondary N) is 1. The van der Waals surface area contributed by atoms with E-state index >= 15 is 0 Å². The molecule has 0 aromatic heterocycles. The molecule has 1 rings (SSSR count). The number of aliphatic carboxylic acids is 1. The minimum atomic E-state index is -1.07. The van der Waals surface area contributed by atoms with Crippen LogP contribution in [0.1, 0.15) is 19.3 Å². The molecule has 23 heavy (non-hydrogen) atoms. The number of benzene rings is 1. The molecular formula is C12H16ClN4O6-. The summed E-state index contributed by atoms with van der Waals surface area (Å²) in [5, 5.41) is 32.9. The highest BCUT2D eigenvalue weighted by Gasteiger charge is 2.19. The number of nitrogens with two attached hydrogens (primary N) is 1. The van der Waals surface area contributed by atoms with Gasteiger partial charge in [-0.05, 0) is 25.3 Å². The van der Waals surface area contributed by atoms with Crippen LogP contribution in [-0.4, -0.2) is 33.5 Å². The maximum Gasteiger partial charge on any atom is 0.320 e. The van der Waals surface area contributed by atoms with E-state index in [0.29, 0.717) is 25.8 Å². The lowest BCUT2D eigenvalue weighted by atomic mass is 10.1. The van der Waals surface area contributed by atoms with Crippen LogP contribution in [0.3, 0.4) is 0 Å². The fraction of sp³-hybridized carbons (Fsp3) is 0.417. The number of nitrogens with zero attached hydrogens (tertiary/aromatic N) is 2. The minimum absolute atomic E-state index is 0. The van der Waals surface area contributed by atoms with Gasteiger partial charge in [0.05, 0.1) is 15.9 Å². The smallest absolute Gasteiger partial charge is 0.320 e. The number of carboxylic acids is 1. The van der Waals surface area contributed by atoms with E-state index in [1.54, 1.807) is 0 Å². The van der Waals surface area contributed by atoms with Crippen molar-refractivity contribution in [2.24, 2.45) is 5.73 Å². The lowest BCUT2D eigenvalue weighted by Crippen LogP contribution is -3.00. The van der Waals surface area contributed by atoms with Crippen molar-refractivity contribution in [3.63, 3.8) is 0 Å². The Morgan fingerprint density at radius 2 is 1.91 bits per heavy atom. The van der Waals surface area contributed by atoms with Crippen molar-refractivity contribution in [2.45, 2.75) is 25.3 Å². The monoisotopic (exact) mass is 347 g/mol. The number of rotatable bonds is 9. The Kier molecular flexibility index (Phi) is 8.52. The van der Waals surface area contributed by atoms with Gasteiger partial charge >= 0.3 is 5.97 Å². The van der Waals surface area contributed by atoms with E-state index in [1.807, 2.05) is 0 Å². The highest BCUT2D eigenvalue weighted by Crippen LogP contribution is 2.28. The molecular weight excluding hydrogens is 332 g/mol. The number of nitro benzene ring substituents is 2. The highest BCUT2D eigenvalue weighted by molar-refractivity contribution is 5.72. The number of unbranched alkanes of at least 4 members (excludes halogenated alkanes) is 1. The summed E-state index contributed by atoms with van der Waals surface area (Å²) in [6.45, 7) is 0.366. The van der Waals surface area contributed by atoms with Crippen molar-refractivity contribution < 1.29 is 32.2 Å².